The van der Waals surface area contributed by atoms with E-state index in [1.807, 2.05) is 0 Å². The van der Waals surface area contributed by atoms with Crippen LogP contribution in [0.3, 0.4) is 0 Å². The summed E-state index contributed by atoms with van der Waals surface area (Å²) in [5.41, 5.74) is 0. The van der Waals surface area contributed by atoms with Crippen LogP contribution in [0.1, 0.15) is 0 Å². The molecule has 0 aliphatic rings. The number of aliphatic hydroxyl groups is 5. The Labute approximate surface area is 92.7 Å². The Morgan fingerprint density at radius 3 is 2.12 bits per heavy atom. The SMILES string of the molecule is C=CC(=O)NC[C@H](O)[C@@H](O)[C@H](O)C(O)CO. The zero-order valence-corrected chi connectivity index (χ0v) is 8.65. The molecule has 1 amide bonds. The Bertz CT molecular complexity index is 234. The Kier molecular flexibility index (Phi) is 6.86. The second-order valence-corrected chi connectivity index (χ2v) is 3.25. The van der Waals surface area contributed by atoms with Gasteiger partial charge in [-0.05, 0) is 6.08 Å². The molecule has 0 aliphatic carbocycles. The van der Waals surface area contributed by atoms with Crippen LogP contribution in [0.25, 0.3) is 0 Å². The van der Waals surface area contributed by atoms with Crippen molar-refractivity contribution in [2.24, 2.45) is 0 Å². The van der Waals surface area contributed by atoms with Crippen LogP contribution in [0.4, 0.5) is 0 Å². The molecule has 1 unspecified atom stereocenters. The van der Waals surface area contributed by atoms with E-state index in [4.69, 9.17) is 10.2 Å². The van der Waals surface area contributed by atoms with Gasteiger partial charge in [0.25, 0.3) is 0 Å². The fraction of sp³-hybridized carbons (Fsp3) is 0.667. The van der Waals surface area contributed by atoms with Gasteiger partial charge >= 0.3 is 0 Å². The highest BCUT2D eigenvalue weighted by atomic mass is 16.4. The van der Waals surface area contributed by atoms with Crippen LogP contribution < -0.4 is 5.32 Å². The van der Waals surface area contributed by atoms with Gasteiger partial charge in [-0.25, -0.2) is 0 Å². The Morgan fingerprint density at radius 1 is 1.19 bits per heavy atom. The number of carbonyl (C=O) groups excluding carboxylic acids is 1. The van der Waals surface area contributed by atoms with E-state index in [-0.39, 0.29) is 6.54 Å². The molecule has 0 fully saturated rings. The van der Waals surface area contributed by atoms with E-state index in [2.05, 4.69) is 11.9 Å². The van der Waals surface area contributed by atoms with Crippen LogP contribution in [-0.2, 0) is 4.79 Å². The number of hydrogen-bond acceptors (Lipinski definition) is 6. The van der Waals surface area contributed by atoms with E-state index in [1.165, 1.54) is 0 Å². The zero-order chi connectivity index (χ0) is 12.7. The van der Waals surface area contributed by atoms with E-state index in [1.54, 1.807) is 0 Å². The molecule has 0 spiro atoms. The third-order valence-electron chi connectivity index (χ3n) is 2.00. The predicted molar refractivity (Wildman–Crippen MR) is 54.3 cm³/mol. The van der Waals surface area contributed by atoms with Gasteiger partial charge in [-0.3, -0.25) is 4.79 Å². The fourth-order valence-corrected chi connectivity index (χ4v) is 0.961. The van der Waals surface area contributed by atoms with Gasteiger partial charge in [0.05, 0.1) is 12.7 Å². The molecule has 7 heteroatoms. The summed E-state index contributed by atoms with van der Waals surface area (Å²) < 4.78 is 0. The highest BCUT2D eigenvalue weighted by molar-refractivity contribution is 5.86. The summed E-state index contributed by atoms with van der Waals surface area (Å²) in [5.74, 6) is -0.538. The first-order valence-corrected chi connectivity index (χ1v) is 4.67. The van der Waals surface area contributed by atoms with Gasteiger partial charge in [0.1, 0.15) is 18.3 Å². The summed E-state index contributed by atoms with van der Waals surface area (Å²) in [5, 5.41) is 47.6. The van der Waals surface area contributed by atoms with Crippen molar-refractivity contribution in [2.75, 3.05) is 13.2 Å². The van der Waals surface area contributed by atoms with Crippen LogP contribution in [0.2, 0.25) is 0 Å². The molecule has 0 bridgehead atoms. The van der Waals surface area contributed by atoms with Crippen LogP contribution in [-0.4, -0.2) is 69.0 Å². The fourth-order valence-electron chi connectivity index (χ4n) is 0.961. The minimum Gasteiger partial charge on any atom is -0.394 e. The third kappa shape index (κ3) is 4.69. The first-order valence-electron chi connectivity index (χ1n) is 4.67. The van der Waals surface area contributed by atoms with Gasteiger partial charge in [0.15, 0.2) is 0 Å². The minimum atomic E-state index is -1.69. The molecule has 0 heterocycles. The smallest absolute Gasteiger partial charge is 0.243 e. The largest absolute Gasteiger partial charge is 0.394 e. The third-order valence-corrected chi connectivity index (χ3v) is 2.00. The summed E-state index contributed by atoms with van der Waals surface area (Å²) in [6.45, 7) is 2.13. The number of carbonyl (C=O) groups is 1. The second kappa shape index (κ2) is 7.31. The first kappa shape index (κ1) is 15.0. The lowest BCUT2D eigenvalue weighted by Gasteiger charge is -2.25. The van der Waals surface area contributed by atoms with Crippen molar-refractivity contribution in [1.82, 2.24) is 5.32 Å². The molecule has 0 aliphatic heterocycles. The van der Waals surface area contributed by atoms with E-state index < -0.39 is 36.9 Å². The summed E-state index contributed by atoms with van der Waals surface area (Å²) >= 11 is 0. The number of rotatable bonds is 7. The van der Waals surface area contributed by atoms with E-state index >= 15 is 0 Å². The Hall–Kier alpha value is -0.990. The van der Waals surface area contributed by atoms with Crippen LogP contribution in [0.15, 0.2) is 12.7 Å². The van der Waals surface area contributed by atoms with Crippen molar-refractivity contribution < 1.29 is 30.3 Å². The quantitative estimate of drug-likeness (QED) is 0.257. The number of amides is 1. The molecule has 0 aromatic rings. The number of hydrogen-bond donors (Lipinski definition) is 6. The van der Waals surface area contributed by atoms with Gasteiger partial charge in [-0.2, -0.15) is 0 Å². The average molecular weight is 235 g/mol. The van der Waals surface area contributed by atoms with Crippen molar-refractivity contribution in [3.8, 4) is 0 Å². The second-order valence-electron chi connectivity index (χ2n) is 3.25. The van der Waals surface area contributed by atoms with Gasteiger partial charge in [-0.15, -0.1) is 0 Å². The van der Waals surface area contributed by atoms with Crippen molar-refractivity contribution >= 4 is 5.91 Å². The lowest BCUT2D eigenvalue weighted by molar-refractivity contribution is -0.122. The zero-order valence-electron chi connectivity index (χ0n) is 8.65. The molecule has 0 saturated heterocycles. The molecule has 6 N–H and O–H groups in total. The predicted octanol–water partition coefficient (Wildman–Crippen LogP) is -3.28. The topological polar surface area (TPSA) is 130 Å². The Balaban J connectivity index is 4.11. The maximum absolute atomic E-state index is 10.7. The molecule has 94 valence electrons. The van der Waals surface area contributed by atoms with Gasteiger partial charge in [0, 0.05) is 6.54 Å². The normalized spacial score (nSPS) is 18.3. The molecule has 0 rings (SSSR count). The standard InChI is InChI=1S/C9H17NO6/c1-2-7(14)10-3-5(12)8(15)9(16)6(13)4-11/h2,5-6,8-9,11-13,15-16H,1,3-4H2,(H,10,14)/t5-,6?,8+,9+/m0/s1. The molecule has 16 heavy (non-hydrogen) atoms. The molecule has 0 aromatic heterocycles. The summed E-state index contributed by atoms with van der Waals surface area (Å²) in [6, 6.07) is 0. The highest BCUT2D eigenvalue weighted by Gasteiger charge is 2.29. The maximum atomic E-state index is 10.7. The summed E-state index contributed by atoms with van der Waals surface area (Å²) in [4.78, 5) is 10.7. The molecule has 0 saturated carbocycles. The average Bonchev–Trinajstić information content (AvgIpc) is 2.32. The van der Waals surface area contributed by atoms with E-state index in [0.29, 0.717) is 0 Å². The molecular formula is C9H17NO6. The lowest BCUT2D eigenvalue weighted by atomic mass is 10.0. The van der Waals surface area contributed by atoms with Crippen LogP contribution in [0.5, 0.6) is 0 Å². The van der Waals surface area contributed by atoms with Gasteiger partial charge in [0.2, 0.25) is 5.91 Å². The lowest BCUT2D eigenvalue weighted by Crippen LogP contribution is -2.49. The van der Waals surface area contributed by atoms with Crippen molar-refractivity contribution in [3.63, 3.8) is 0 Å². The molecule has 0 aromatic carbocycles. The van der Waals surface area contributed by atoms with Crippen LogP contribution >= 0.6 is 0 Å². The van der Waals surface area contributed by atoms with Crippen molar-refractivity contribution in [2.45, 2.75) is 24.4 Å². The van der Waals surface area contributed by atoms with Crippen molar-refractivity contribution in [3.05, 3.63) is 12.7 Å². The highest BCUT2D eigenvalue weighted by Crippen LogP contribution is 2.04. The summed E-state index contributed by atoms with van der Waals surface area (Å²) in [7, 11) is 0. The minimum absolute atomic E-state index is 0.304. The molecule has 7 nitrogen and oxygen atoms in total. The Morgan fingerprint density at radius 2 is 1.69 bits per heavy atom. The first-order chi connectivity index (χ1) is 7.43. The van der Waals surface area contributed by atoms with Crippen molar-refractivity contribution in [1.29, 1.82) is 0 Å². The number of aliphatic hydroxyl groups excluding tert-OH is 5. The molecule has 0 radical (unpaired) electrons. The van der Waals surface area contributed by atoms with E-state index in [9.17, 15) is 20.1 Å². The maximum Gasteiger partial charge on any atom is 0.243 e. The number of nitrogens with one attached hydrogen (secondary N) is 1. The monoisotopic (exact) mass is 235 g/mol. The molecule has 4 atom stereocenters. The molecular weight excluding hydrogens is 218 g/mol. The van der Waals surface area contributed by atoms with Gasteiger partial charge in [-0.1, -0.05) is 6.58 Å². The van der Waals surface area contributed by atoms with Gasteiger partial charge < -0.3 is 30.8 Å². The van der Waals surface area contributed by atoms with E-state index in [0.717, 1.165) is 6.08 Å². The van der Waals surface area contributed by atoms with Crippen LogP contribution in [0, 0.1) is 0 Å². The summed E-state index contributed by atoms with van der Waals surface area (Å²) in [6.07, 6.45) is -5.40.